The zero-order valence-electron chi connectivity index (χ0n) is 25.0. The van der Waals surface area contributed by atoms with E-state index in [2.05, 4.69) is 6.92 Å². The van der Waals surface area contributed by atoms with Crippen molar-refractivity contribution < 1.29 is 79.4 Å². The van der Waals surface area contributed by atoms with Crippen LogP contribution in [0.25, 0.3) is 0 Å². The predicted octanol–water partition coefficient (Wildman–Crippen LogP) is 11.4. The highest BCUT2D eigenvalue weighted by atomic mass is 19.4. The Bertz CT molecular complexity index is 1250. The van der Waals surface area contributed by atoms with E-state index in [1.54, 1.807) is 0 Å². The molecule has 1 aromatic rings. The highest BCUT2D eigenvalue weighted by Crippen LogP contribution is 2.64. The minimum atomic E-state index is -8.74. The highest BCUT2D eigenvalue weighted by molar-refractivity contribution is 6.02. The quantitative estimate of drug-likeness (QED) is 0.155. The minimum Gasteiger partial charge on any atom is -0.287 e. The van der Waals surface area contributed by atoms with Gasteiger partial charge in [0.25, 0.3) is 0 Å². The van der Waals surface area contributed by atoms with Crippen LogP contribution in [0.15, 0.2) is 24.3 Å². The molecule has 18 heteroatoms. The Balaban J connectivity index is 1.72. The van der Waals surface area contributed by atoms with E-state index in [-0.39, 0.29) is 12.3 Å². The molecule has 2 fully saturated rings. The van der Waals surface area contributed by atoms with E-state index >= 15 is 0 Å². The highest BCUT2D eigenvalue weighted by Gasteiger charge is 2.95. The lowest BCUT2D eigenvalue weighted by molar-refractivity contribution is -0.459. The van der Waals surface area contributed by atoms with Crippen LogP contribution in [0.4, 0.5) is 74.6 Å². The number of hydrogen-bond donors (Lipinski definition) is 0. The van der Waals surface area contributed by atoms with E-state index in [0.717, 1.165) is 37.8 Å². The molecule has 276 valence electrons. The number of carbonyl (C=O) groups is 1. The first-order valence-electron chi connectivity index (χ1n) is 14.9. The summed E-state index contributed by atoms with van der Waals surface area (Å²) in [5, 5.41) is 0. The third-order valence-electron chi connectivity index (χ3n) is 9.68. The summed E-state index contributed by atoms with van der Waals surface area (Å²) in [5.41, 5.74) is -1.21. The van der Waals surface area contributed by atoms with Crippen molar-refractivity contribution in [3.63, 3.8) is 0 Å². The summed E-state index contributed by atoms with van der Waals surface area (Å²) in [7, 11) is 0. The molecule has 0 N–H and O–H groups in total. The van der Waals surface area contributed by atoms with Crippen molar-refractivity contribution >= 4 is 5.78 Å². The summed E-state index contributed by atoms with van der Waals surface area (Å²) in [6.07, 6.45) is 1.61. The monoisotopic (exact) mass is 730 g/mol. The smallest absolute Gasteiger partial charge is 0.287 e. The molecule has 2 aliphatic rings. The van der Waals surface area contributed by atoms with Gasteiger partial charge >= 0.3 is 47.6 Å². The van der Waals surface area contributed by atoms with Crippen LogP contribution in [0.3, 0.4) is 0 Å². The molecule has 1 aromatic carbocycles. The molecule has 0 bridgehead atoms. The lowest BCUT2D eigenvalue weighted by Crippen LogP contribution is -2.75. The van der Waals surface area contributed by atoms with Gasteiger partial charge in [-0.2, -0.15) is 74.6 Å². The fraction of sp³-hybridized carbons (Fsp3) is 0.767. The van der Waals surface area contributed by atoms with Gasteiger partial charge in [0, 0.05) is 5.56 Å². The first-order valence-corrected chi connectivity index (χ1v) is 14.9. The van der Waals surface area contributed by atoms with E-state index in [0.29, 0.717) is 41.9 Å². The van der Waals surface area contributed by atoms with Crippen molar-refractivity contribution in [3.05, 3.63) is 35.4 Å². The summed E-state index contributed by atoms with van der Waals surface area (Å²) in [4.78, 5) is 12.1. The van der Waals surface area contributed by atoms with Gasteiger partial charge < -0.3 is 0 Å². The zero-order valence-corrected chi connectivity index (χ0v) is 25.0. The number of carbonyl (C=O) groups excluding carboxylic acids is 1. The van der Waals surface area contributed by atoms with Crippen molar-refractivity contribution in [2.45, 2.75) is 119 Å². The van der Waals surface area contributed by atoms with E-state index in [4.69, 9.17) is 0 Å². The Morgan fingerprint density at radius 3 is 1.33 bits per heavy atom. The van der Waals surface area contributed by atoms with Crippen LogP contribution in [0.2, 0.25) is 0 Å². The number of hydrogen-bond acceptors (Lipinski definition) is 1. The molecule has 2 aliphatic carbocycles. The first-order chi connectivity index (χ1) is 21.6. The molecule has 1 nitrogen and oxygen atoms in total. The molecule has 0 aliphatic heterocycles. The second-order valence-electron chi connectivity index (χ2n) is 12.9. The Labute approximate surface area is 263 Å². The number of rotatable bonds is 12. The lowest BCUT2D eigenvalue weighted by atomic mass is 9.69. The third kappa shape index (κ3) is 6.62. The molecular formula is C30H31F17O. The maximum Gasteiger partial charge on any atom is 0.460 e. The van der Waals surface area contributed by atoms with Gasteiger partial charge in [0.05, 0.1) is 0 Å². The van der Waals surface area contributed by atoms with Crippen molar-refractivity contribution in [3.8, 4) is 0 Å². The van der Waals surface area contributed by atoms with Crippen LogP contribution >= 0.6 is 0 Å². The van der Waals surface area contributed by atoms with Gasteiger partial charge in [0.1, 0.15) is 0 Å². The Morgan fingerprint density at radius 2 is 0.917 bits per heavy atom. The SMILES string of the molecule is C[C@H]1CC[C@H](C2CCC(CCc3ccc(C(=O)C(F)(F)C(F)(F)C(F)(F)C(F)(F)C(F)(F)C(F)(F)C(F)(F)C(F)(F)F)cc3)CC2)CC1. The number of Topliss-reactive ketones (excluding diaryl/α,β-unsaturated/α-hetero) is 1. The van der Waals surface area contributed by atoms with Gasteiger partial charge in [0.2, 0.25) is 5.78 Å². The zero-order chi connectivity index (χ0) is 36.9. The number of benzene rings is 1. The van der Waals surface area contributed by atoms with Crippen LogP contribution in [0.5, 0.6) is 0 Å². The summed E-state index contributed by atoms with van der Waals surface area (Å²) in [5.74, 6) is -59.1. The van der Waals surface area contributed by atoms with Gasteiger partial charge in [-0.05, 0) is 67.8 Å². The molecule has 0 aromatic heterocycles. The second-order valence-corrected chi connectivity index (χ2v) is 12.9. The van der Waals surface area contributed by atoms with Crippen molar-refractivity contribution in [1.82, 2.24) is 0 Å². The molecule has 0 radical (unpaired) electrons. The number of ketones is 1. The lowest BCUT2D eigenvalue weighted by Gasteiger charge is -2.42. The van der Waals surface area contributed by atoms with Crippen molar-refractivity contribution in [2.75, 3.05) is 0 Å². The molecule has 0 unspecified atom stereocenters. The van der Waals surface area contributed by atoms with Gasteiger partial charge in [-0.25, -0.2) is 0 Å². The summed E-state index contributed by atoms with van der Waals surface area (Å²) in [6, 6.07) is 2.64. The summed E-state index contributed by atoms with van der Waals surface area (Å²) < 4.78 is 230. The number of alkyl halides is 17. The largest absolute Gasteiger partial charge is 0.460 e. The molecule has 3 rings (SSSR count). The fourth-order valence-electron chi connectivity index (χ4n) is 6.39. The standard InChI is InChI=1S/C30H31F17O/c1-16-2-10-19(11-3-16)20-12-6-17(7-13-20)4-5-18-8-14-21(15-9-18)22(48)23(31,32)24(33,34)25(35,36)26(37,38)27(39,40)28(41,42)29(43,44)30(45,46)47/h8-9,14-17,19-20H,2-7,10-13H2,1H3/t16-,17?,19-,20?. The predicted molar refractivity (Wildman–Crippen MR) is 136 cm³/mol. The third-order valence-corrected chi connectivity index (χ3v) is 9.68. The number of halogens is 17. The normalized spacial score (nSPS) is 24.5. The van der Waals surface area contributed by atoms with E-state index in [1.807, 2.05) is 0 Å². The summed E-state index contributed by atoms with van der Waals surface area (Å²) in [6.45, 7) is 2.22. The van der Waals surface area contributed by atoms with E-state index in [1.165, 1.54) is 25.7 Å². The molecular weight excluding hydrogens is 699 g/mol. The van der Waals surface area contributed by atoms with E-state index < -0.39 is 59.0 Å². The van der Waals surface area contributed by atoms with Crippen LogP contribution in [0, 0.1) is 23.7 Å². The van der Waals surface area contributed by atoms with Crippen LogP contribution in [-0.2, 0) is 6.42 Å². The van der Waals surface area contributed by atoms with Gasteiger partial charge in [-0.1, -0.05) is 56.9 Å². The average molecular weight is 731 g/mol. The van der Waals surface area contributed by atoms with Gasteiger partial charge in [-0.15, -0.1) is 0 Å². The van der Waals surface area contributed by atoms with Crippen molar-refractivity contribution in [1.29, 1.82) is 0 Å². The molecule has 2 saturated carbocycles. The Morgan fingerprint density at radius 1 is 0.542 bits per heavy atom. The minimum absolute atomic E-state index is 0.276. The molecule has 0 atom stereocenters. The molecule has 0 heterocycles. The maximum absolute atomic E-state index is 14.4. The van der Waals surface area contributed by atoms with Crippen molar-refractivity contribution in [2.24, 2.45) is 23.7 Å². The topological polar surface area (TPSA) is 17.1 Å². The fourth-order valence-corrected chi connectivity index (χ4v) is 6.39. The average Bonchev–Trinajstić information content (AvgIpc) is 2.99. The molecule has 0 saturated heterocycles. The molecule has 48 heavy (non-hydrogen) atoms. The Hall–Kier alpha value is -2.30. The van der Waals surface area contributed by atoms with Crippen LogP contribution < -0.4 is 0 Å². The summed E-state index contributed by atoms with van der Waals surface area (Å²) >= 11 is 0. The maximum atomic E-state index is 14.4. The number of aryl methyl sites for hydroxylation is 1. The second kappa shape index (κ2) is 13.1. The Kier molecular flexibility index (Phi) is 11.0. The van der Waals surface area contributed by atoms with Crippen LogP contribution in [0.1, 0.15) is 80.6 Å². The first kappa shape index (κ1) is 40.1. The van der Waals surface area contributed by atoms with E-state index in [9.17, 15) is 79.4 Å². The van der Waals surface area contributed by atoms with Crippen LogP contribution in [-0.4, -0.2) is 53.4 Å². The van der Waals surface area contributed by atoms with Gasteiger partial charge in [0.15, 0.2) is 0 Å². The molecule has 0 spiro atoms. The van der Waals surface area contributed by atoms with Gasteiger partial charge in [-0.3, -0.25) is 4.79 Å². The molecule has 0 amide bonds.